The number of carbonyl (C=O) groups excluding carboxylic acids is 1. The molecule has 5 nitrogen and oxygen atoms in total. The van der Waals surface area contributed by atoms with Crippen molar-refractivity contribution in [3.05, 3.63) is 18.2 Å². The van der Waals surface area contributed by atoms with Crippen molar-refractivity contribution in [3.63, 3.8) is 0 Å². The van der Waals surface area contributed by atoms with Gasteiger partial charge in [0.25, 0.3) is 0 Å². The highest BCUT2D eigenvalue weighted by Crippen LogP contribution is 2.30. The first-order valence-electron chi connectivity index (χ1n) is 7.86. The molecule has 0 bridgehead atoms. The number of carbonyl (C=O) groups is 1. The Balaban J connectivity index is 1.91. The van der Waals surface area contributed by atoms with Crippen LogP contribution < -0.4 is 20.1 Å². The summed E-state index contributed by atoms with van der Waals surface area (Å²) in [7, 11) is 3.18. The minimum absolute atomic E-state index is 0.0466. The standard InChI is InChI=1S/C17H26N2O3/c1-12(13-5-4-8-18-11-13)9-17(20)19-14-6-7-15(21-2)16(10-14)22-3/h6-7,10,12-13,18H,4-5,8-9,11H2,1-3H3,(H,19,20). The number of piperidine rings is 1. The molecule has 2 rings (SSSR count). The maximum atomic E-state index is 12.2. The zero-order valence-corrected chi connectivity index (χ0v) is 13.6. The molecule has 1 aliphatic heterocycles. The molecule has 0 aliphatic carbocycles. The summed E-state index contributed by atoms with van der Waals surface area (Å²) in [5.41, 5.74) is 0.733. The summed E-state index contributed by atoms with van der Waals surface area (Å²) in [6.45, 7) is 4.28. The van der Waals surface area contributed by atoms with Gasteiger partial charge in [-0.2, -0.15) is 0 Å². The van der Waals surface area contributed by atoms with Crippen LogP contribution in [0.2, 0.25) is 0 Å². The first-order valence-corrected chi connectivity index (χ1v) is 7.86. The van der Waals surface area contributed by atoms with Crippen molar-refractivity contribution in [3.8, 4) is 11.5 Å². The number of amides is 1. The fourth-order valence-electron chi connectivity index (χ4n) is 2.95. The van der Waals surface area contributed by atoms with Crippen LogP contribution in [0.1, 0.15) is 26.2 Å². The largest absolute Gasteiger partial charge is 0.493 e. The van der Waals surface area contributed by atoms with Crippen molar-refractivity contribution in [2.45, 2.75) is 26.2 Å². The van der Waals surface area contributed by atoms with E-state index in [2.05, 4.69) is 17.6 Å². The van der Waals surface area contributed by atoms with E-state index in [0.29, 0.717) is 29.8 Å². The van der Waals surface area contributed by atoms with Crippen molar-refractivity contribution in [1.29, 1.82) is 0 Å². The number of hydrogen-bond donors (Lipinski definition) is 2. The van der Waals surface area contributed by atoms with Crippen molar-refractivity contribution in [2.75, 3.05) is 32.6 Å². The van der Waals surface area contributed by atoms with Gasteiger partial charge in [-0.15, -0.1) is 0 Å². The van der Waals surface area contributed by atoms with E-state index in [1.165, 1.54) is 12.8 Å². The summed E-state index contributed by atoms with van der Waals surface area (Å²) in [5, 5.41) is 6.35. The molecular weight excluding hydrogens is 280 g/mol. The lowest BCUT2D eigenvalue weighted by molar-refractivity contribution is -0.117. The molecule has 5 heteroatoms. The Morgan fingerprint density at radius 3 is 2.77 bits per heavy atom. The third kappa shape index (κ3) is 4.37. The van der Waals surface area contributed by atoms with E-state index in [0.717, 1.165) is 18.8 Å². The quantitative estimate of drug-likeness (QED) is 0.848. The van der Waals surface area contributed by atoms with Crippen LogP contribution in [0, 0.1) is 11.8 Å². The van der Waals surface area contributed by atoms with Gasteiger partial charge in [-0.1, -0.05) is 6.92 Å². The molecule has 1 amide bonds. The molecular formula is C17H26N2O3. The Bertz CT molecular complexity index is 499. The molecule has 0 saturated carbocycles. The lowest BCUT2D eigenvalue weighted by Crippen LogP contribution is -2.34. The van der Waals surface area contributed by atoms with Gasteiger partial charge >= 0.3 is 0 Å². The fourth-order valence-corrected chi connectivity index (χ4v) is 2.95. The molecule has 0 spiro atoms. The lowest BCUT2D eigenvalue weighted by atomic mass is 9.85. The summed E-state index contributed by atoms with van der Waals surface area (Å²) < 4.78 is 10.4. The van der Waals surface area contributed by atoms with Crippen LogP contribution in [-0.4, -0.2) is 33.2 Å². The van der Waals surface area contributed by atoms with Crippen LogP contribution in [0.5, 0.6) is 11.5 Å². The van der Waals surface area contributed by atoms with Crippen molar-refractivity contribution in [1.82, 2.24) is 5.32 Å². The zero-order valence-electron chi connectivity index (χ0n) is 13.6. The summed E-state index contributed by atoms with van der Waals surface area (Å²) in [5.74, 6) is 2.29. The average molecular weight is 306 g/mol. The van der Waals surface area contributed by atoms with E-state index in [9.17, 15) is 4.79 Å². The van der Waals surface area contributed by atoms with Crippen LogP contribution in [0.4, 0.5) is 5.69 Å². The molecule has 122 valence electrons. The van der Waals surface area contributed by atoms with E-state index in [1.807, 2.05) is 6.07 Å². The third-order valence-corrected chi connectivity index (χ3v) is 4.31. The third-order valence-electron chi connectivity index (χ3n) is 4.31. The van der Waals surface area contributed by atoms with E-state index in [4.69, 9.17) is 9.47 Å². The van der Waals surface area contributed by atoms with E-state index >= 15 is 0 Å². The van der Waals surface area contributed by atoms with Crippen LogP contribution in [-0.2, 0) is 4.79 Å². The maximum absolute atomic E-state index is 12.2. The van der Waals surface area contributed by atoms with E-state index in [1.54, 1.807) is 26.4 Å². The molecule has 1 heterocycles. The Morgan fingerprint density at radius 2 is 2.14 bits per heavy atom. The van der Waals surface area contributed by atoms with Crippen LogP contribution in [0.3, 0.4) is 0 Å². The Hall–Kier alpha value is -1.75. The van der Waals surface area contributed by atoms with Crippen LogP contribution in [0.15, 0.2) is 18.2 Å². The molecule has 1 aliphatic rings. The molecule has 2 atom stereocenters. The highest BCUT2D eigenvalue weighted by Gasteiger charge is 2.22. The van der Waals surface area contributed by atoms with Gasteiger partial charge in [-0.25, -0.2) is 0 Å². The molecule has 2 N–H and O–H groups in total. The van der Waals surface area contributed by atoms with Crippen molar-refractivity contribution < 1.29 is 14.3 Å². The smallest absolute Gasteiger partial charge is 0.224 e. The number of anilines is 1. The number of methoxy groups -OCH3 is 2. The number of ether oxygens (including phenoxy) is 2. The summed E-state index contributed by atoms with van der Waals surface area (Å²) in [4.78, 5) is 12.2. The summed E-state index contributed by atoms with van der Waals surface area (Å²) in [6, 6.07) is 5.40. The molecule has 0 radical (unpaired) electrons. The Labute approximate surface area is 132 Å². The maximum Gasteiger partial charge on any atom is 0.224 e. The molecule has 0 aromatic heterocycles. The topological polar surface area (TPSA) is 59.6 Å². The van der Waals surface area contributed by atoms with Gasteiger partial charge in [-0.05, 0) is 49.9 Å². The van der Waals surface area contributed by atoms with E-state index < -0.39 is 0 Å². The number of benzene rings is 1. The van der Waals surface area contributed by atoms with Crippen LogP contribution in [0.25, 0.3) is 0 Å². The normalized spacial score (nSPS) is 19.3. The minimum Gasteiger partial charge on any atom is -0.493 e. The summed E-state index contributed by atoms with van der Waals surface area (Å²) >= 11 is 0. The van der Waals surface area contributed by atoms with Gasteiger partial charge in [-0.3, -0.25) is 4.79 Å². The van der Waals surface area contributed by atoms with Gasteiger partial charge in [0.2, 0.25) is 5.91 Å². The van der Waals surface area contributed by atoms with Crippen molar-refractivity contribution in [2.24, 2.45) is 11.8 Å². The number of rotatable bonds is 6. The van der Waals surface area contributed by atoms with Crippen molar-refractivity contribution >= 4 is 11.6 Å². The second-order valence-corrected chi connectivity index (χ2v) is 5.91. The van der Waals surface area contributed by atoms with Crippen LogP contribution >= 0.6 is 0 Å². The Morgan fingerprint density at radius 1 is 1.36 bits per heavy atom. The zero-order chi connectivity index (χ0) is 15.9. The van der Waals surface area contributed by atoms with Gasteiger partial charge in [0, 0.05) is 18.2 Å². The predicted octanol–water partition coefficient (Wildman–Crippen LogP) is 2.67. The fraction of sp³-hybridized carbons (Fsp3) is 0.588. The summed E-state index contributed by atoms with van der Waals surface area (Å²) in [6.07, 6.45) is 2.95. The SMILES string of the molecule is COc1ccc(NC(=O)CC(C)C2CCCNC2)cc1OC. The number of hydrogen-bond acceptors (Lipinski definition) is 4. The second kappa shape index (κ2) is 8.03. The molecule has 2 unspecified atom stereocenters. The number of nitrogens with one attached hydrogen (secondary N) is 2. The lowest BCUT2D eigenvalue weighted by Gasteiger charge is -2.28. The predicted molar refractivity (Wildman–Crippen MR) is 87.6 cm³/mol. The molecule has 22 heavy (non-hydrogen) atoms. The van der Waals surface area contributed by atoms with E-state index in [-0.39, 0.29) is 5.91 Å². The monoisotopic (exact) mass is 306 g/mol. The molecule has 1 aromatic rings. The Kier molecular flexibility index (Phi) is 6.07. The molecule has 1 fully saturated rings. The first-order chi connectivity index (χ1) is 10.6. The van der Waals surface area contributed by atoms with Gasteiger partial charge in [0.1, 0.15) is 0 Å². The minimum atomic E-state index is 0.0466. The van der Waals surface area contributed by atoms with Gasteiger partial charge in [0.15, 0.2) is 11.5 Å². The average Bonchev–Trinajstić information content (AvgIpc) is 2.55. The van der Waals surface area contributed by atoms with Gasteiger partial charge < -0.3 is 20.1 Å². The highest BCUT2D eigenvalue weighted by atomic mass is 16.5. The second-order valence-electron chi connectivity index (χ2n) is 5.91. The van der Waals surface area contributed by atoms with Gasteiger partial charge in [0.05, 0.1) is 14.2 Å². The molecule has 1 aromatic carbocycles. The molecule has 1 saturated heterocycles. The first kappa shape index (κ1) is 16.6. The highest BCUT2D eigenvalue weighted by molar-refractivity contribution is 5.91.